The van der Waals surface area contributed by atoms with Crippen LogP contribution in [0.15, 0.2) is 60.9 Å². The summed E-state index contributed by atoms with van der Waals surface area (Å²) >= 11 is 0. The van der Waals surface area contributed by atoms with E-state index in [9.17, 15) is 4.79 Å². The second-order valence-electron chi connectivity index (χ2n) is 9.23. The van der Waals surface area contributed by atoms with Crippen molar-refractivity contribution in [3.8, 4) is 17.4 Å². The van der Waals surface area contributed by atoms with Gasteiger partial charge in [-0.15, -0.1) is 0 Å². The topological polar surface area (TPSA) is 67.8 Å². The van der Waals surface area contributed by atoms with Gasteiger partial charge < -0.3 is 14.4 Å². The van der Waals surface area contributed by atoms with Crippen LogP contribution in [0.4, 0.5) is 0 Å². The Morgan fingerprint density at radius 3 is 2.51 bits per heavy atom. The van der Waals surface area contributed by atoms with Crippen LogP contribution >= 0.6 is 0 Å². The molecule has 5 rings (SSSR count). The molecule has 7 nitrogen and oxygen atoms in total. The van der Waals surface area contributed by atoms with Crippen molar-refractivity contribution in [2.75, 3.05) is 33.3 Å². The fourth-order valence-electron chi connectivity index (χ4n) is 5.11. The SMILES string of the molecule is COc1ccccc1Oc1nccnc1[C@@H]1CCCN(C(=O)c2ccccc2CN2CCCC2)C1. The highest BCUT2D eigenvalue weighted by atomic mass is 16.5. The Kier molecular flexibility index (Phi) is 7.23. The van der Waals surface area contributed by atoms with Crippen LogP contribution in [0.2, 0.25) is 0 Å². The number of hydrogen-bond donors (Lipinski definition) is 0. The number of likely N-dealkylation sites (tertiary alicyclic amines) is 2. The number of carbonyl (C=O) groups excluding carboxylic acids is 1. The highest BCUT2D eigenvalue weighted by Gasteiger charge is 2.30. The van der Waals surface area contributed by atoms with Gasteiger partial charge in [0, 0.05) is 43.5 Å². The summed E-state index contributed by atoms with van der Waals surface area (Å²) < 4.78 is 11.6. The predicted octanol–water partition coefficient (Wildman–Crippen LogP) is 4.89. The van der Waals surface area contributed by atoms with Crippen LogP contribution in [-0.2, 0) is 6.54 Å². The van der Waals surface area contributed by atoms with Gasteiger partial charge in [0.25, 0.3) is 5.91 Å². The van der Waals surface area contributed by atoms with E-state index >= 15 is 0 Å². The van der Waals surface area contributed by atoms with E-state index in [2.05, 4.69) is 20.9 Å². The molecule has 7 heteroatoms. The Balaban J connectivity index is 1.35. The Bertz CT molecular complexity index is 1160. The summed E-state index contributed by atoms with van der Waals surface area (Å²) in [6.07, 6.45) is 7.64. The maximum Gasteiger partial charge on any atom is 0.254 e. The lowest BCUT2D eigenvalue weighted by Gasteiger charge is -2.33. The third-order valence-corrected chi connectivity index (χ3v) is 6.90. The predicted molar refractivity (Wildman–Crippen MR) is 134 cm³/mol. The highest BCUT2D eigenvalue weighted by molar-refractivity contribution is 5.95. The lowest BCUT2D eigenvalue weighted by atomic mass is 9.93. The average Bonchev–Trinajstić information content (AvgIpc) is 3.42. The number of ether oxygens (including phenoxy) is 2. The molecule has 2 saturated heterocycles. The van der Waals surface area contributed by atoms with E-state index in [1.807, 2.05) is 47.4 Å². The Labute approximate surface area is 206 Å². The van der Waals surface area contributed by atoms with Crippen molar-refractivity contribution in [1.29, 1.82) is 0 Å². The molecule has 0 aliphatic carbocycles. The Morgan fingerprint density at radius 1 is 0.943 bits per heavy atom. The summed E-state index contributed by atoms with van der Waals surface area (Å²) in [5.41, 5.74) is 2.70. The van der Waals surface area contributed by atoms with Gasteiger partial charge in [-0.05, 0) is 62.5 Å². The number of nitrogens with zero attached hydrogens (tertiary/aromatic N) is 4. The van der Waals surface area contributed by atoms with Gasteiger partial charge in [-0.1, -0.05) is 30.3 Å². The number of hydrogen-bond acceptors (Lipinski definition) is 6. The average molecular weight is 473 g/mol. The standard InChI is InChI=1S/C28H32N4O3/c1-34-24-12-4-5-13-25(24)35-27-26(29-14-15-30-27)22-10-8-18-32(20-22)28(33)23-11-3-2-9-21(23)19-31-16-6-7-17-31/h2-5,9,11-15,22H,6-8,10,16-20H2,1H3/t22-/m1/s1. The van der Waals surface area contributed by atoms with Crippen LogP contribution in [0.25, 0.3) is 0 Å². The molecule has 1 atom stereocenters. The molecule has 2 fully saturated rings. The Hall–Kier alpha value is -3.45. The van der Waals surface area contributed by atoms with E-state index in [0.717, 1.165) is 55.8 Å². The fraction of sp³-hybridized carbons (Fsp3) is 0.393. The molecule has 0 bridgehead atoms. The lowest BCUT2D eigenvalue weighted by Crippen LogP contribution is -2.40. The molecule has 182 valence electrons. The van der Waals surface area contributed by atoms with Gasteiger partial charge in [0.2, 0.25) is 5.88 Å². The molecule has 2 aliphatic rings. The molecule has 1 amide bonds. The maximum atomic E-state index is 13.7. The fourth-order valence-corrected chi connectivity index (χ4v) is 5.11. The van der Waals surface area contributed by atoms with Gasteiger partial charge in [0.05, 0.1) is 7.11 Å². The first-order chi connectivity index (χ1) is 17.2. The number of carbonyl (C=O) groups is 1. The minimum Gasteiger partial charge on any atom is -0.493 e. The van der Waals surface area contributed by atoms with Gasteiger partial charge in [0.1, 0.15) is 5.69 Å². The molecule has 0 spiro atoms. The minimum atomic E-state index is 0.0526. The second-order valence-corrected chi connectivity index (χ2v) is 9.23. The molecule has 0 unspecified atom stereocenters. The van der Waals surface area contributed by atoms with Crippen molar-refractivity contribution in [3.05, 3.63) is 77.7 Å². The molecule has 2 aliphatic heterocycles. The number of benzene rings is 2. The Morgan fingerprint density at radius 2 is 1.69 bits per heavy atom. The molecule has 0 saturated carbocycles. The van der Waals surface area contributed by atoms with Gasteiger partial charge in [0.15, 0.2) is 11.5 Å². The van der Waals surface area contributed by atoms with Crippen molar-refractivity contribution >= 4 is 5.91 Å². The van der Waals surface area contributed by atoms with Crippen molar-refractivity contribution in [3.63, 3.8) is 0 Å². The van der Waals surface area contributed by atoms with Gasteiger partial charge in [-0.2, -0.15) is 0 Å². The van der Waals surface area contributed by atoms with Gasteiger partial charge in [-0.25, -0.2) is 4.98 Å². The first-order valence-corrected chi connectivity index (χ1v) is 12.4. The summed E-state index contributed by atoms with van der Waals surface area (Å²) in [6.45, 7) is 4.39. The monoisotopic (exact) mass is 472 g/mol. The summed E-state index contributed by atoms with van der Waals surface area (Å²) in [7, 11) is 1.62. The normalized spacial score (nSPS) is 18.4. The number of rotatable bonds is 7. The summed E-state index contributed by atoms with van der Waals surface area (Å²) in [5, 5.41) is 0. The molecule has 0 radical (unpaired) electrons. The molecule has 0 N–H and O–H groups in total. The molecular formula is C28H32N4O3. The van der Waals surface area contributed by atoms with Crippen LogP contribution in [0.5, 0.6) is 17.4 Å². The van der Waals surface area contributed by atoms with Crippen molar-refractivity contribution in [2.45, 2.75) is 38.1 Å². The quantitative estimate of drug-likeness (QED) is 0.488. The zero-order chi connectivity index (χ0) is 24.0. The molecule has 2 aromatic carbocycles. The van der Waals surface area contributed by atoms with Crippen LogP contribution < -0.4 is 9.47 Å². The third-order valence-electron chi connectivity index (χ3n) is 6.90. The van der Waals surface area contributed by atoms with E-state index in [-0.39, 0.29) is 11.8 Å². The van der Waals surface area contributed by atoms with Crippen molar-refractivity contribution < 1.29 is 14.3 Å². The maximum absolute atomic E-state index is 13.7. The summed E-state index contributed by atoms with van der Waals surface area (Å²) in [5.74, 6) is 1.85. The molecule has 1 aromatic heterocycles. The van der Waals surface area contributed by atoms with Crippen LogP contribution in [0.3, 0.4) is 0 Å². The van der Waals surface area contributed by atoms with Crippen LogP contribution in [-0.4, -0.2) is 59.0 Å². The molecule has 3 heterocycles. The molecule has 35 heavy (non-hydrogen) atoms. The van der Waals surface area contributed by atoms with E-state index in [1.165, 1.54) is 12.8 Å². The first-order valence-electron chi connectivity index (χ1n) is 12.4. The van der Waals surface area contributed by atoms with E-state index in [0.29, 0.717) is 23.9 Å². The van der Waals surface area contributed by atoms with Gasteiger partial charge >= 0.3 is 0 Å². The van der Waals surface area contributed by atoms with Gasteiger partial charge in [-0.3, -0.25) is 14.7 Å². The number of para-hydroxylation sites is 2. The minimum absolute atomic E-state index is 0.0526. The smallest absolute Gasteiger partial charge is 0.254 e. The molecular weight excluding hydrogens is 440 g/mol. The van der Waals surface area contributed by atoms with Crippen molar-refractivity contribution in [1.82, 2.24) is 19.8 Å². The van der Waals surface area contributed by atoms with Crippen molar-refractivity contribution in [2.24, 2.45) is 0 Å². The van der Waals surface area contributed by atoms with E-state index in [1.54, 1.807) is 19.5 Å². The first kappa shape index (κ1) is 23.3. The highest BCUT2D eigenvalue weighted by Crippen LogP contribution is 2.36. The zero-order valence-electron chi connectivity index (χ0n) is 20.2. The lowest BCUT2D eigenvalue weighted by molar-refractivity contribution is 0.0702. The zero-order valence-corrected chi connectivity index (χ0v) is 20.2. The van der Waals surface area contributed by atoms with E-state index in [4.69, 9.17) is 9.47 Å². The number of aromatic nitrogens is 2. The van der Waals surface area contributed by atoms with E-state index < -0.39 is 0 Å². The molecule has 3 aromatic rings. The third kappa shape index (κ3) is 5.30. The second kappa shape index (κ2) is 10.9. The number of amides is 1. The van der Waals surface area contributed by atoms with Crippen LogP contribution in [0, 0.1) is 0 Å². The number of methoxy groups -OCH3 is 1. The summed E-state index contributed by atoms with van der Waals surface area (Å²) in [6, 6.07) is 15.6. The number of piperidine rings is 1. The summed E-state index contributed by atoms with van der Waals surface area (Å²) in [4.78, 5) is 27.2. The van der Waals surface area contributed by atoms with Crippen LogP contribution in [0.1, 0.15) is 53.2 Å². The largest absolute Gasteiger partial charge is 0.493 e.